The number of hydrogen-bond acceptors (Lipinski definition) is 8. The fourth-order valence-corrected chi connectivity index (χ4v) is 3.89. The van der Waals surface area contributed by atoms with E-state index >= 15 is 0 Å². The fourth-order valence-electron chi connectivity index (χ4n) is 2.88. The van der Waals surface area contributed by atoms with E-state index in [1.54, 1.807) is 11.8 Å². The molecule has 0 saturated carbocycles. The Bertz CT molecular complexity index is 824. The standard InChI is InChI=1S/C17H24N6O4S/c1-3-18-16-21-11(2)13(28-16)15(25)23-6-7-27-10-17(26,9-23)8-19-14(24)12-4-5-20-22-12/h4-5,26H,3,6-10H2,1-2H3,(H,18,21)(H,19,24)(H,20,22)/t17-/m1/s1. The van der Waals surface area contributed by atoms with Gasteiger partial charge in [-0.25, -0.2) is 4.98 Å². The van der Waals surface area contributed by atoms with Gasteiger partial charge in [0.2, 0.25) is 0 Å². The highest BCUT2D eigenvalue weighted by molar-refractivity contribution is 7.17. The maximum absolute atomic E-state index is 13.0. The average molecular weight is 408 g/mol. The molecule has 28 heavy (non-hydrogen) atoms. The molecule has 152 valence electrons. The third-order valence-corrected chi connectivity index (χ3v) is 5.39. The molecule has 3 heterocycles. The first kappa shape index (κ1) is 20.2. The minimum atomic E-state index is -1.40. The van der Waals surface area contributed by atoms with Crippen molar-refractivity contribution in [2.24, 2.45) is 0 Å². The topological polar surface area (TPSA) is 132 Å². The summed E-state index contributed by atoms with van der Waals surface area (Å²) < 4.78 is 5.48. The van der Waals surface area contributed by atoms with Crippen molar-refractivity contribution in [2.45, 2.75) is 19.4 Å². The average Bonchev–Trinajstić information content (AvgIpc) is 3.28. The maximum Gasteiger partial charge on any atom is 0.269 e. The monoisotopic (exact) mass is 408 g/mol. The van der Waals surface area contributed by atoms with Gasteiger partial charge in [0.25, 0.3) is 11.8 Å². The molecule has 1 aliphatic rings. The normalized spacial score (nSPS) is 19.9. The highest BCUT2D eigenvalue weighted by Gasteiger charge is 2.36. The number of rotatable bonds is 6. The van der Waals surface area contributed by atoms with Gasteiger partial charge in [0.1, 0.15) is 16.2 Å². The number of aryl methyl sites for hydroxylation is 1. The second-order valence-corrected chi connectivity index (χ2v) is 7.62. The Morgan fingerprint density at radius 2 is 2.32 bits per heavy atom. The first-order valence-electron chi connectivity index (χ1n) is 9.00. The summed E-state index contributed by atoms with van der Waals surface area (Å²) in [6.45, 7) is 5.13. The lowest BCUT2D eigenvalue weighted by molar-refractivity contribution is -0.0324. The number of hydrogen-bond donors (Lipinski definition) is 4. The Morgan fingerprint density at radius 3 is 3.04 bits per heavy atom. The SMILES string of the molecule is CCNc1nc(C)c(C(=O)N2CCOC[C@@](O)(CNC(=O)c3ccn[nH]3)C2)s1. The highest BCUT2D eigenvalue weighted by atomic mass is 32.1. The largest absolute Gasteiger partial charge is 0.384 e. The van der Waals surface area contributed by atoms with Crippen LogP contribution in [-0.2, 0) is 4.74 Å². The summed E-state index contributed by atoms with van der Waals surface area (Å²) in [5.74, 6) is -0.593. The fraction of sp³-hybridized carbons (Fsp3) is 0.529. The van der Waals surface area contributed by atoms with Crippen molar-refractivity contribution in [3.8, 4) is 0 Å². The Balaban J connectivity index is 1.68. The summed E-state index contributed by atoms with van der Waals surface area (Å²) in [6, 6.07) is 1.54. The Kier molecular flexibility index (Phi) is 6.27. The quantitative estimate of drug-likeness (QED) is 0.538. The van der Waals surface area contributed by atoms with Crippen LogP contribution < -0.4 is 10.6 Å². The number of carbonyl (C=O) groups is 2. The summed E-state index contributed by atoms with van der Waals surface area (Å²) in [5, 5.41) is 23.7. The molecule has 0 aliphatic carbocycles. The first-order valence-corrected chi connectivity index (χ1v) is 9.82. The van der Waals surface area contributed by atoms with Crippen LogP contribution in [-0.4, -0.2) is 82.0 Å². The maximum atomic E-state index is 13.0. The third-order valence-electron chi connectivity index (χ3n) is 4.29. The minimum absolute atomic E-state index is 0.0182. The lowest BCUT2D eigenvalue weighted by atomic mass is 10.0. The van der Waals surface area contributed by atoms with Crippen molar-refractivity contribution in [1.82, 2.24) is 25.4 Å². The molecule has 1 atom stereocenters. The second kappa shape index (κ2) is 8.67. The van der Waals surface area contributed by atoms with Gasteiger partial charge in [-0.05, 0) is 19.9 Å². The number of aromatic nitrogens is 3. The van der Waals surface area contributed by atoms with Gasteiger partial charge >= 0.3 is 0 Å². The van der Waals surface area contributed by atoms with Gasteiger partial charge in [0.15, 0.2) is 5.13 Å². The molecule has 11 heteroatoms. The predicted octanol–water partition coefficient (Wildman–Crippen LogP) is 0.240. The van der Waals surface area contributed by atoms with Crippen LogP contribution >= 0.6 is 11.3 Å². The Morgan fingerprint density at radius 1 is 1.50 bits per heavy atom. The number of aliphatic hydroxyl groups is 1. The van der Waals surface area contributed by atoms with Crippen molar-refractivity contribution >= 4 is 28.3 Å². The molecular formula is C17H24N6O4S. The molecule has 0 radical (unpaired) electrons. The van der Waals surface area contributed by atoms with E-state index in [0.717, 1.165) is 0 Å². The van der Waals surface area contributed by atoms with E-state index in [4.69, 9.17) is 4.74 Å². The molecular weight excluding hydrogens is 384 g/mol. The van der Waals surface area contributed by atoms with Gasteiger partial charge in [-0.3, -0.25) is 14.7 Å². The molecule has 3 rings (SSSR count). The number of β-amino-alcohol motifs (C(OH)–C–C–N with tert-alkyl or cyclic N) is 1. The summed E-state index contributed by atoms with van der Waals surface area (Å²) in [7, 11) is 0. The molecule has 10 nitrogen and oxygen atoms in total. The van der Waals surface area contributed by atoms with Crippen LogP contribution in [0.3, 0.4) is 0 Å². The molecule has 1 fully saturated rings. The van der Waals surface area contributed by atoms with Crippen LogP contribution in [0, 0.1) is 6.92 Å². The summed E-state index contributed by atoms with van der Waals surface area (Å²) in [5.41, 5.74) is -0.459. The van der Waals surface area contributed by atoms with Crippen LogP contribution in [0.15, 0.2) is 12.3 Å². The van der Waals surface area contributed by atoms with Gasteiger partial charge in [-0.1, -0.05) is 11.3 Å². The van der Waals surface area contributed by atoms with Crippen molar-refractivity contribution in [1.29, 1.82) is 0 Å². The lowest BCUT2D eigenvalue weighted by Gasteiger charge is -2.30. The van der Waals surface area contributed by atoms with Crippen molar-refractivity contribution in [3.63, 3.8) is 0 Å². The highest BCUT2D eigenvalue weighted by Crippen LogP contribution is 2.25. The van der Waals surface area contributed by atoms with Gasteiger partial charge in [-0.2, -0.15) is 5.10 Å². The van der Waals surface area contributed by atoms with E-state index in [-0.39, 0.29) is 31.5 Å². The minimum Gasteiger partial charge on any atom is -0.384 e. The van der Waals surface area contributed by atoms with Crippen LogP contribution in [0.2, 0.25) is 0 Å². The molecule has 2 aromatic rings. The van der Waals surface area contributed by atoms with E-state index in [1.807, 2.05) is 6.92 Å². The molecule has 0 aromatic carbocycles. The van der Waals surface area contributed by atoms with Gasteiger partial charge < -0.3 is 25.4 Å². The number of ether oxygens (including phenoxy) is 1. The van der Waals surface area contributed by atoms with E-state index in [9.17, 15) is 14.7 Å². The molecule has 4 N–H and O–H groups in total. The summed E-state index contributed by atoms with van der Waals surface area (Å²) in [6.07, 6.45) is 1.47. The smallest absolute Gasteiger partial charge is 0.269 e. The van der Waals surface area contributed by atoms with Crippen LogP contribution in [0.1, 0.15) is 32.8 Å². The number of aromatic amines is 1. The first-order chi connectivity index (χ1) is 13.4. The molecule has 0 unspecified atom stereocenters. The zero-order valence-corrected chi connectivity index (χ0v) is 16.6. The molecule has 2 amide bonds. The summed E-state index contributed by atoms with van der Waals surface area (Å²) >= 11 is 1.29. The van der Waals surface area contributed by atoms with Crippen molar-refractivity contribution < 1.29 is 19.4 Å². The van der Waals surface area contributed by atoms with Crippen LogP contribution in [0.5, 0.6) is 0 Å². The number of amides is 2. The second-order valence-electron chi connectivity index (χ2n) is 6.62. The zero-order chi connectivity index (χ0) is 20.1. The Labute approximate surface area is 166 Å². The number of nitrogens with zero attached hydrogens (tertiary/aromatic N) is 3. The number of nitrogens with one attached hydrogen (secondary N) is 3. The van der Waals surface area contributed by atoms with Crippen molar-refractivity contribution in [2.75, 3.05) is 44.7 Å². The van der Waals surface area contributed by atoms with Crippen LogP contribution in [0.25, 0.3) is 0 Å². The van der Waals surface area contributed by atoms with Gasteiger partial charge in [0, 0.05) is 19.3 Å². The van der Waals surface area contributed by atoms with Crippen LogP contribution in [0.4, 0.5) is 5.13 Å². The molecule has 0 bridgehead atoms. The third kappa shape index (κ3) is 4.66. The zero-order valence-electron chi connectivity index (χ0n) is 15.8. The van der Waals surface area contributed by atoms with E-state index in [1.165, 1.54) is 23.6 Å². The lowest BCUT2D eigenvalue weighted by Crippen LogP contribution is -2.53. The predicted molar refractivity (Wildman–Crippen MR) is 104 cm³/mol. The molecule has 2 aromatic heterocycles. The van der Waals surface area contributed by atoms with E-state index < -0.39 is 5.60 Å². The van der Waals surface area contributed by atoms with Gasteiger partial charge in [0.05, 0.1) is 32.0 Å². The number of thiazole rings is 1. The van der Waals surface area contributed by atoms with Crippen molar-refractivity contribution in [3.05, 3.63) is 28.5 Å². The molecule has 1 saturated heterocycles. The molecule has 1 aliphatic heterocycles. The number of H-pyrrole nitrogens is 1. The van der Waals surface area contributed by atoms with E-state index in [2.05, 4.69) is 25.8 Å². The summed E-state index contributed by atoms with van der Waals surface area (Å²) in [4.78, 5) is 31.5. The van der Waals surface area contributed by atoms with E-state index in [0.29, 0.717) is 41.1 Å². The Hall–Kier alpha value is -2.50. The number of anilines is 1. The number of carbonyl (C=O) groups excluding carboxylic acids is 2. The van der Waals surface area contributed by atoms with Gasteiger partial charge in [-0.15, -0.1) is 0 Å². The molecule has 0 spiro atoms.